The van der Waals surface area contributed by atoms with Crippen LogP contribution in [0.25, 0.3) is 0 Å². The zero-order valence-corrected chi connectivity index (χ0v) is 10.2. The molecule has 0 amide bonds. The summed E-state index contributed by atoms with van der Waals surface area (Å²) in [7, 11) is 0. The van der Waals surface area contributed by atoms with Crippen molar-refractivity contribution in [2.45, 2.75) is 25.4 Å². The van der Waals surface area contributed by atoms with E-state index in [2.05, 4.69) is 0 Å². The van der Waals surface area contributed by atoms with Crippen LogP contribution in [0.3, 0.4) is 0 Å². The highest BCUT2D eigenvalue weighted by molar-refractivity contribution is 5.82. The van der Waals surface area contributed by atoms with Crippen LogP contribution in [0.15, 0.2) is 0 Å². The third kappa shape index (κ3) is 3.45. The molecule has 0 spiro atoms. The van der Waals surface area contributed by atoms with Crippen LogP contribution >= 0.6 is 0 Å². The molecule has 2 saturated heterocycles. The lowest BCUT2D eigenvalue weighted by Gasteiger charge is -2.35. The predicted octanol–water partition coefficient (Wildman–Crippen LogP) is 1.87. The Morgan fingerprint density at radius 1 is 1.28 bits per heavy atom. The molecule has 1 unspecified atom stereocenters. The lowest BCUT2D eigenvalue weighted by atomic mass is 9.94. The number of nitrogens with zero attached hydrogens (tertiary/aromatic N) is 1. The van der Waals surface area contributed by atoms with Crippen LogP contribution in [0.5, 0.6) is 0 Å². The summed E-state index contributed by atoms with van der Waals surface area (Å²) in [5.41, 5.74) is 0. The van der Waals surface area contributed by atoms with Gasteiger partial charge < -0.3 is 9.64 Å². The number of hydrogen-bond donors (Lipinski definition) is 0. The zero-order chi connectivity index (χ0) is 13.2. The molecule has 0 N–H and O–H groups in total. The average molecular weight is 265 g/mol. The molecule has 2 fully saturated rings. The second kappa shape index (κ2) is 5.57. The molecule has 0 saturated carbocycles. The van der Waals surface area contributed by atoms with Gasteiger partial charge in [-0.25, -0.2) is 0 Å². The normalized spacial score (nSPS) is 28.6. The molecule has 0 aromatic heterocycles. The summed E-state index contributed by atoms with van der Waals surface area (Å²) in [6.45, 7) is 2.29. The molecule has 18 heavy (non-hydrogen) atoms. The Morgan fingerprint density at radius 3 is 2.50 bits per heavy atom. The van der Waals surface area contributed by atoms with Crippen molar-refractivity contribution in [1.29, 1.82) is 0 Å². The number of halogens is 3. The van der Waals surface area contributed by atoms with Gasteiger partial charge in [-0.3, -0.25) is 4.79 Å². The minimum Gasteiger partial charge on any atom is -0.380 e. The number of carbonyl (C=O) groups is 1. The summed E-state index contributed by atoms with van der Waals surface area (Å²) < 4.78 is 42.7. The van der Waals surface area contributed by atoms with E-state index in [-0.39, 0.29) is 24.5 Å². The van der Waals surface area contributed by atoms with E-state index in [4.69, 9.17) is 4.74 Å². The molecule has 0 aromatic carbocycles. The number of ketones is 1. The van der Waals surface area contributed by atoms with E-state index in [0.29, 0.717) is 39.3 Å². The monoisotopic (exact) mass is 265 g/mol. The Morgan fingerprint density at radius 2 is 1.94 bits per heavy atom. The van der Waals surface area contributed by atoms with Crippen LogP contribution in [0.2, 0.25) is 0 Å². The fraction of sp³-hybridized carbons (Fsp3) is 0.917. The minimum atomic E-state index is -4.07. The maximum absolute atomic E-state index is 12.5. The molecule has 0 aromatic rings. The first-order valence-corrected chi connectivity index (χ1v) is 6.36. The Labute approximate surface area is 104 Å². The number of ether oxygens (including phenoxy) is 1. The standard InChI is InChI=1S/C12H18F3NO2/c13-12(14,15)10-1-4-16(5-2-10)7-9-8-18-6-3-11(9)17/h9-10H,1-8H2. The molecule has 0 radical (unpaired) electrons. The van der Waals surface area contributed by atoms with Gasteiger partial charge in [0.25, 0.3) is 0 Å². The van der Waals surface area contributed by atoms with Crippen molar-refractivity contribution in [3.05, 3.63) is 0 Å². The van der Waals surface area contributed by atoms with Crippen LogP contribution in [0.1, 0.15) is 19.3 Å². The SMILES string of the molecule is O=C1CCOCC1CN1CCC(C(F)(F)F)CC1. The Bertz CT molecular complexity index is 298. The van der Waals surface area contributed by atoms with E-state index >= 15 is 0 Å². The summed E-state index contributed by atoms with van der Waals surface area (Å²) in [5, 5.41) is 0. The molecule has 2 aliphatic rings. The fourth-order valence-electron chi connectivity index (χ4n) is 2.60. The van der Waals surface area contributed by atoms with Crippen molar-refractivity contribution in [2.75, 3.05) is 32.8 Å². The van der Waals surface area contributed by atoms with Crippen LogP contribution in [0.4, 0.5) is 13.2 Å². The number of alkyl halides is 3. The lowest BCUT2D eigenvalue weighted by molar-refractivity contribution is -0.185. The third-order valence-electron chi connectivity index (χ3n) is 3.80. The van der Waals surface area contributed by atoms with Gasteiger partial charge >= 0.3 is 6.18 Å². The molecule has 1 atom stereocenters. The third-order valence-corrected chi connectivity index (χ3v) is 3.80. The van der Waals surface area contributed by atoms with E-state index in [9.17, 15) is 18.0 Å². The molecule has 2 heterocycles. The summed E-state index contributed by atoms with van der Waals surface area (Å²) in [5.74, 6) is -1.15. The van der Waals surface area contributed by atoms with Gasteiger partial charge in [0.2, 0.25) is 0 Å². The number of piperidine rings is 1. The van der Waals surface area contributed by atoms with Gasteiger partial charge in [0.1, 0.15) is 5.78 Å². The first kappa shape index (κ1) is 13.8. The van der Waals surface area contributed by atoms with Gasteiger partial charge in [-0.1, -0.05) is 0 Å². The fourth-order valence-corrected chi connectivity index (χ4v) is 2.60. The molecule has 2 aliphatic heterocycles. The van der Waals surface area contributed by atoms with Crippen molar-refractivity contribution in [1.82, 2.24) is 4.90 Å². The Hall–Kier alpha value is -0.620. The van der Waals surface area contributed by atoms with E-state index in [1.54, 1.807) is 0 Å². The number of rotatable bonds is 2. The highest BCUT2D eigenvalue weighted by Gasteiger charge is 2.41. The second-order valence-corrected chi connectivity index (χ2v) is 5.10. The smallest absolute Gasteiger partial charge is 0.380 e. The Balaban J connectivity index is 1.78. The number of likely N-dealkylation sites (tertiary alicyclic amines) is 1. The summed E-state index contributed by atoms with van der Waals surface area (Å²) >= 11 is 0. The van der Waals surface area contributed by atoms with Gasteiger partial charge in [0.15, 0.2) is 0 Å². The molecular formula is C12H18F3NO2. The quantitative estimate of drug-likeness (QED) is 0.763. The first-order chi connectivity index (χ1) is 8.47. The van der Waals surface area contributed by atoms with E-state index in [1.165, 1.54) is 0 Å². The van der Waals surface area contributed by atoms with Crippen molar-refractivity contribution in [3.63, 3.8) is 0 Å². The molecule has 0 aliphatic carbocycles. The minimum absolute atomic E-state index is 0.144. The van der Waals surface area contributed by atoms with Crippen molar-refractivity contribution in [3.8, 4) is 0 Å². The molecule has 2 rings (SSSR count). The molecule has 3 nitrogen and oxygen atoms in total. The maximum Gasteiger partial charge on any atom is 0.391 e. The highest BCUT2D eigenvalue weighted by atomic mass is 19.4. The van der Waals surface area contributed by atoms with Crippen molar-refractivity contribution < 1.29 is 22.7 Å². The largest absolute Gasteiger partial charge is 0.391 e. The Kier molecular flexibility index (Phi) is 4.27. The van der Waals surface area contributed by atoms with Gasteiger partial charge in [-0.2, -0.15) is 13.2 Å². The van der Waals surface area contributed by atoms with Crippen molar-refractivity contribution in [2.24, 2.45) is 11.8 Å². The first-order valence-electron chi connectivity index (χ1n) is 6.36. The summed E-state index contributed by atoms with van der Waals surface area (Å²) in [6, 6.07) is 0. The zero-order valence-electron chi connectivity index (χ0n) is 10.2. The topological polar surface area (TPSA) is 29.5 Å². The molecule has 0 bridgehead atoms. The highest BCUT2D eigenvalue weighted by Crippen LogP contribution is 2.34. The summed E-state index contributed by atoms with van der Waals surface area (Å²) in [6.07, 6.45) is -3.35. The predicted molar refractivity (Wildman–Crippen MR) is 59.2 cm³/mol. The molecule has 6 heteroatoms. The number of Topliss-reactive ketones (excluding diaryl/α,β-unsaturated/α-hetero) is 1. The van der Waals surface area contributed by atoms with Crippen LogP contribution in [-0.2, 0) is 9.53 Å². The van der Waals surface area contributed by atoms with Crippen LogP contribution < -0.4 is 0 Å². The lowest BCUT2D eigenvalue weighted by Crippen LogP contribution is -2.44. The summed E-state index contributed by atoms with van der Waals surface area (Å²) in [4.78, 5) is 13.6. The van der Waals surface area contributed by atoms with E-state index in [1.807, 2.05) is 4.90 Å². The molecular weight excluding hydrogens is 247 g/mol. The van der Waals surface area contributed by atoms with E-state index in [0.717, 1.165) is 0 Å². The average Bonchev–Trinajstić information content (AvgIpc) is 2.32. The molecule has 104 valence electrons. The number of hydrogen-bond acceptors (Lipinski definition) is 3. The van der Waals surface area contributed by atoms with Crippen molar-refractivity contribution >= 4 is 5.78 Å². The second-order valence-electron chi connectivity index (χ2n) is 5.10. The van der Waals surface area contributed by atoms with Gasteiger partial charge in [0, 0.05) is 13.0 Å². The van der Waals surface area contributed by atoms with Gasteiger partial charge in [0.05, 0.1) is 25.0 Å². The van der Waals surface area contributed by atoms with Crippen LogP contribution in [0, 0.1) is 11.8 Å². The van der Waals surface area contributed by atoms with E-state index < -0.39 is 12.1 Å². The maximum atomic E-state index is 12.5. The van der Waals surface area contributed by atoms with Crippen LogP contribution in [-0.4, -0.2) is 49.7 Å². The van der Waals surface area contributed by atoms with Gasteiger partial charge in [-0.15, -0.1) is 0 Å². The number of carbonyl (C=O) groups excluding carboxylic acids is 1. The van der Waals surface area contributed by atoms with Gasteiger partial charge in [-0.05, 0) is 25.9 Å².